The van der Waals surface area contributed by atoms with Gasteiger partial charge in [0.15, 0.2) is 0 Å². The molecular weight excluding hydrogens is 347 g/mol. The fourth-order valence-corrected chi connectivity index (χ4v) is 3.04. The quantitative estimate of drug-likeness (QED) is 0.609. The molecule has 0 amide bonds. The minimum Gasteiger partial charge on any atom is -0.315 e. The van der Waals surface area contributed by atoms with Gasteiger partial charge in [0.2, 0.25) is 0 Å². The fraction of sp³-hybridized carbons (Fsp3) is 0.625. The molecule has 1 aromatic rings. The molecule has 1 fully saturated rings. The van der Waals surface area contributed by atoms with Gasteiger partial charge in [0.1, 0.15) is 0 Å². The van der Waals surface area contributed by atoms with E-state index in [1.54, 1.807) is 0 Å². The van der Waals surface area contributed by atoms with E-state index in [0.29, 0.717) is 6.04 Å². The van der Waals surface area contributed by atoms with E-state index in [9.17, 15) is 0 Å². The summed E-state index contributed by atoms with van der Waals surface area (Å²) in [4.78, 5) is 2.63. The van der Waals surface area contributed by atoms with E-state index < -0.39 is 0 Å². The van der Waals surface area contributed by atoms with E-state index in [1.165, 1.54) is 41.5 Å². The highest BCUT2D eigenvalue weighted by Gasteiger charge is 2.15. The molecule has 1 atom stereocenters. The number of hydrogen-bond donors (Lipinski definition) is 1. The monoisotopic (exact) mass is 372 g/mol. The molecular formula is C16H25IN2. The van der Waals surface area contributed by atoms with Crippen molar-refractivity contribution in [1.29, 1.82) is 0 Å². The largest absolute Gasteiger partial charge is 0.315 e. The van der Waals surface area contributed by atoms with Crippen molar-refractivity contribution in [3.05, 3.63) is 33.4 Å². The average Bonchev–Trinajstić information content (AvgIpc) is 2.46. The number of halogens is 1. The first-order valence-electron chi connectivity index (χ1n) is 7.45. The standard InChI is InChI=1S/C16H25IN2/c1-14(19-11-3-2-4-12-19)13-18-10-9-15-5-7-16(17)8-6-15/h5-8,14,18H,2-4,9-13H2,1H3. The number of piperidine rings is 1. The number of rotatable bonds is 6. The molecule has 1 aliphatic heterocycles. The van der Waals surface area contributed by atoms with Gasteiger partial charge in [-0.25, -0.2) is 0 Å². The first kappa shape index (κ1) is 15.3. The number of likely N-dealkylation sites (tertiary alicyclic amines) is 1. The molecule has 1 aromatic carbocycles. The van der Waals surface area contributed by atoms with Gasteiger partial charge < -0.3 is 5.32 Å². The van der Waals surface area contributed by atoms with Crippen LogP contribution in [0, 0.1) is 3.57 Å². The van der Waals surface area contributed by atoms with E-state index >= 15 is 0 Å². The lowest BCUT2D eigenvalue weighted by Gasteiger charge is -2.32. The summed E-state index contributed by atoms with van der Waals surface area (Å²) in [5, 5.41) is 3.60. The Morgan fingerprint density at radius 2 is 1.84 bits per heavy atom. The molecule has 0 bridgehead atoms. The van der Waals surface area contributed by atoms with Gasteiger partial charge in [-0.15, -0.1) is 0 Å². The van der Waals surface area contributed by atoms with E-state index in [4.69, 9.17) is 0 Å². The van der Waals surface area contributed by atoms with Crippen LogP contribution in [-0.4, -0.2) is 37.1 Å². The van der Waals surface area contributed by atoms with Crippen LogP contribution in [0.15, 0.2) is 24.3 Å². The molecule has 0 spiro atoms. The SMILES string of the molecule is CC(CNCCc1ccc(I)cc1)N1CCCCC1. The highest BCUT2D eigenvalue weighted by atomic mass is 127. The third kappa shape index (κ3) is 5.40. The van der Waals surface area contributed by atoms with Gasteiger partial charge in [0.05, 0.1) is 0 Å². The Balaban J connectivity index is 1.62. The first-order valence-corrected chi connectivity index (χ1v) is 8.53. The molecule has 1 N–H and O–H groups in total. The van der Waals surface area contributed by atoms with Crippen LogP contribution in [-0.2, 0) is 6.42 Å². The first-order chi connectivity index (χ1) is 9.25. The van der Waals surface area contributed by atoms with Crippen molar-refractivity contribution in [2.75, 3.05) is 26.2 Å². The summed E-state index contributed by atoms with van der Waals surface area (Å²) in [7, 11) is 0. The Kier molecular flexibility index (Phi) is 6.61. The normalized spacial score (nSPS) is 18.4. The van der Waals surface area contributed by atoms with Gasteiger partial charge in [-0.2, -0.15) is 0 Å². The van der Waals surface area contributed by atoms with Crippen LogP contribution in [0.1, 0.15) is 31.7 Å². The lowest BCUT2D eigenvalue weighted by molar-refractivity contribution is 0.171. The van der Waals surface area contributed by atoms with Crippen LogP contribution in [0.3, 0.4) is 0 Å². The maximum atomic E-state index is 3.60. The zero-order valence-corrected chi connectivity index (χ0v) is 14.0. The molecule has 0 saturated carbocycles. The minimum absolute atomic E-state index is 0.678. The summed E-state index contributed by atoms with van der Waals surface area (Å²) in [6.07, 6.45) is 5.31. The van der Waals surface area contributed by atoms with Crippen LogP contribution in [0.2, 0.25) is 0 Å². The Hall–Kier alpha value is -0.130. The molecule has 1 aliphatic rings. The van der Waals surface area contributed by atoms with Crippen LogP contribution >= 0.6 is 22.6 Å². The molecule has 2 rings (SSSR count). The highest BCUT2D eigenvalue weighted by molar-refractivity contribution is 14.1. The smallest absolute Gasteiger partial charge is 0.0192 e. The molecule has 1 unspecified atom stereocenters. The Morgan fingerprint density at radius 1 is 1.16 bits per heavy atom. The molecule has 1 heterocycles. The van der Waals surface area contributed by atoms with Crippen molar-refractivity contribution in [1.82, 2.24) is 10.2 Å². The number of nitrogens with one attached hydrogen (secondary N) is 1. The van der Waals surface area contributed by atoms with Crippen molar-refractivity contribution in [3.63, 3.8) is 0 Å². The predicted octanol–water partition coefficient (Wildman–Crippen LogP) is 3.30. The number of benzene rings is 1. The van der Waals surface area contributed by atoms with E-state index in [1.807, 2.05) is 0 Å². The van der Waals surface area contributed by atoms with Crippen LogP contribution in [0.25, 0.3) is 0 Å². The third-order valence-electron chi connectivity index (χ3n) is 3.96. The summed E-state index contributed by atoms with van der Waals surface area (Å²) in [5.41, 5.74) is 1.43. The molecule has 3 heteroatoms. The second-order valence-corrected chi connectivity index (χ2v) is 6.77. The Bertz CT molecular complexity index is 358. The molecule has 0 aromatic heterocycles. The lowest BCUT2D eigenvalue weighted by atomic mass is 10.1. The van der Waals surface area contributed by atoms with E-state index in [-0.39, 0.29) is 0 Å². The second-order valence-electron chi connectivity index (χ2n) is 5.53. The third-order valence-corrected chi connectivity index (χ3v) is 4.68. The van der Waals surface area contributed by atoms with Gasteiger partial charge in [0.25, 0.3) is 0 Å². The fourth-order valence-electron chi connectivity index (χ4n) is 2.68. The number of nitrogens with zero attached hydrogens (tertiary/aromatic N) is 1. The van der Waals surface area contributed by atoms with Crippen molar-refractivity contribution >= 4 is 22.6 Å². The molecule has 0 radical (unpaired) electrons. The minimum atomic E-state index is 0.678. The topological polar surface area (TPSA) is 15.3 Å². The Labute approximate surface area is 131 Å². The molecule has 1 saturated heterocycles. The van der Waals surface area contributed by atoms with E-state index in [2.05, 4.69) is 64.0 Å². The highest BCUT2D eigenvalue weighted by Crippen LogP contribution is 2.11. The van der Waals surface area contributed by atoms with Gasteiger partial charge in [0, 0.05) is 16.2 Å². The summed E-state index contributed by atoms with van der Waals surface area (Å²) in [6, 6.07) is 9.52. The van der Waals surface area contributed by atoms with Gasteiger partial charge in [-0.1, -0.05) is 18.6 Å². The molecule has 2 nitrogen and oxygen atoms in total. The summed E-state index contributed by atoms with van der Waals surface area (Å²) in [6.45, 7) is 7.13. The average molecular weight is 372 g/mol. The maximum absolute atomic E-state index is 3.60. The Morgan fingerprint density at radius 3 is 2.53 bits per heavy atom. The van der Waals surface area contributed by atoms with Crippen molar-refractivity contribution < 1.29 is 0 Å². The molecule has 106 valence electrons. The van der Waals surface area contributed by atoms with Gasteiger partial charge >= 0.3 is 0 Å². The predicted molar refractivity (Wildman–Crippen MR) is 90.6 cm³/mol. The summed E-state index contributed by atoms with van der Waals surface area (Å²) < 4.78 is 1.31. The van der Waals surface area contributed by atoms with Crippen LogP contribution < -0.4 is 5.32 Å². The molecule has 0 aliphatic carbocycles. The lowest BCUT2D eigenvalue weighted by Crippen LogP contribution is -2.43. The van der Waals surface area contributed by atoms with Crippen LogP contribution in [0.4, 0.5) is 0 Å². The molecule has 19 heavy (non-hydrogen) atoms. The summed E-state index contributed by atoms with van der Waals surface area (Å²) in [5.74, 6) is 0. The van der Waals surface area contributed by atoms with Crippen molar-refractivity contribution in [2.45, 2.75) is 38.6 Å². The van der Waals surface area contributed by atoms with Crippen molar-refractivity contribution in [3.8, 4) is 0 Å². The zero-order valence-electron chi connectivity index (χ0n) is 11.9. The summed E-state index contributed by atoms with van der Waals surface area (Å²) >= 11 is 2.35. The van der Waals surface area contributed by atoms with Crippen LogP contribution in [0.5, 0.6) is 0 Å². The zero-order chi connectivity index (χ0) is 13.5. The van der Waals surface area contributed by atoms with Gasteiger partial charge in [-0.05, 0) is 86.1 Å². The second kappa shape index (κ2) is 8.22. The maximum Gasteiger partial charge on any atom is 0.0192 e. The number of hydrogen-bond acceptors (Lipinski definition) is 2. The van der Waals surface area contributed by atoms with Gasteiger partial charge in [-0.3, -0.25) is 4.90 Å². The van der Waals surface area contributed by atoms with E-state index in [0.717, 1.165) is 19.5 Å². The van der Waals surface area contributed by atoms with Crippen molar-refractivity contribution in [2.24, 2.45) is 0 Å².